The number of carboxylic acids is 1. The van der Waals surface area contributed by atoms with Gasteiger partial charge >= 0.3 is 5.97 Å². The largest absolute Gasteiger partial charge is 0.480 e. The van der Waals surface area contributed by atoms with Gasteiger partial charge in [-0.05, 0) is 24.5 Å². The van der Waals surface area contributed by atoms with Gasteiger partial charge in [-0.25, -0.2) is 8.42 Å². The van der Waals surface area contributed by atoms with E-state index in [4.69, 9.17) is 10.4 Å². The Kier molecular flexibility index (Phi) is 5.05. The van der Waals surface area contributed by atoms with Crippen molar-refractivity contribution in [3.8, 4) is 6.07 Å². The zero-order chi connectivity index (χ0) is 14.6. The lowest BCUT2D eigenvalue weighted by atomic mass is 10.1. The van der Waals surface area contributed by atoms with Gasteiger partial charge in [0.05, 0.1) is 0 Å². The molecule has 0 spiro atoms. The van der Waals surface area contributed by atoms with Crippen molar-refractivity contribution in [1.29, 1.82) is 5.26 Å². The minimum atomic E-state index is -3.90. The summed E-state index contributed by atoms with van der Waals surface area (Å²) in [5.74, 6) is -1.17. The number of nitrogens with zero attached hydrogens (tertiary/aromatic N) is 1. The van der Waals surface area contributed by atoms with Crippen molar-refractivity contribution < 1.29 is 18.3 Å². The van der Waals surface area contributed by atoms with Crippen LogP contribution >= 0.6 is 11.3 Å². The molecular formula is C11H14N2O4S2. The van der Waals surface area contributed by atoms with E-state index in [1.807, 2.05) is 19.9 Å². The lowest BCUT2D eigenvalue weighted by Crippen LogP contribution is -2.41. The highest BCUT2D eigenvalue weighted by Gasteiger charge is 2.27. The Hall–Kier alpha value is -1.43. The number of sulfonamides is 1. The SMILES string of the molecule is CC(C)CC(NS(=O)(=O)c1ccc(C#N)s1)C(=O)O. The van der Waals surface area contributed by atoms with E-state index in [1.165, 1.54) is 12.1 Å². The van der Waals surface area contributed by atoms with Crippen LogP contribution in [-0.2, 0) is 14.8 Å². The Morgan fingerprint density at radius 1 is 1.53 bits per heavy atom. The molecule has 0 aliphatic heterocycles. The molecule has 1 atom stereocenters. The van der Waals surface area contributed by atoms with Crippen molar-refractivity contribution in [2.24, 2.45) is 5.92 Å². The van der Waals surface area contributed by atoms with Gasteiger partial charge in [0.25, 0.3) is 10.0 Å². The number of nitriles is 1. The summed E-state index contributed by atoms with van der Waals surface area (Å²) in [6.45, 7) is 3.62. The number of rotatable bonds is 6. The minimum absolute atomic E-state index is 0.0433. The van der Waals surface area contributed by atoms with Gasteiger partial charge in [-0.2, -0.15) is 9.98 Å². The number of hydrogen-bond donors (Lipinski definition) is 2. The van der Waals surface area contributed by atoms with Crippen molar-refractivity contribution in [1.82, 2.24) is 4.72 Å². The molecule has 19 heavy (non-hydrogen) atoms. The molecule has 0 bridgehead atoms. The lowest BCUT2D eigenvalue weighted by molar-refractivity contribution is -0.139. The van der Waals surface area contributed by atoms with Crippen LogP contribution in [-0.4, -0.2) is 25.5 Å². The summed E-state index contributed by atoms with van der Waals surface area (Å²) < 4.78 is 26.1. The van der Waals surface area contributed by atoms with Gasteiger partial charge in [0, 0.05) is 0 Å². The molecule has 1 aromatic heterocycles. The predicted octanol–water partition coefficient (Wildman–Crippen LogP) is 1.40. The van der Waals surface area contributed by atoms with E-state index >= 15 is 0 Å². The van der Waals surface area contributed by atoms with Crippen LogP contribution in [0.2, 0.25) is 0 Å². The summed E-state index contributed by atoms with van der Waals surface area (Å²) in [5.41, 5.74) is 0. The van der Waals surface area contributed by atoms with Gasteiger partial charge in [0.1, 0.15) is 21.2 Å². The summed E-state index contributed by atoms with van der Waals surface area (Å²) in [5, 5.41) is 17.7. The molecule has 1 heterocycles. The number of hydrogen-bond acceptors (Lipinski definition) is 5. The molecule has 0 saturated carbocycles. The second-order valence-corrected chi connectivity index (χ2v) is 7.40. The van der Waals surface area contributed by atoms with Gasteiger partial charge in [0.2, 0.25) is 0 Å². The van der Waals surface area contributed by atoms with Crippen molar-refractivity contribution in [3.63, 3.8) is 0 Å². The number of carboxylic acid groups (broad SMARTS) is 1. The molecule has 2 N–H and O–H groups in total. The Labute approximate surface area is 115 Å². The first-order valence-corrected chi connectivity index (χ1v) is 7.81. The molecule has 1 unspecified atom stereocenters. The summed E-state index contributed by atoms with van der Waals surface area (Å²) in [6, 6.07) is 3.35. The van der Waals surface area contributed by atoms with Crippen LogP contribution in [0.1, 0.15) is 25.1 Å². The Morgan fingerprint density at radius 2 is 2.16 bits per heavy atom. The van der Waals surface area contributed by atoms with E-state index in [0.29, 0.717) is 0 Å². The van der Waals surface area contributed by atoms with Gasteiger partial charge in [-0.1, -0.05) is 13.8 Å². The third-order valence-corrected chi connectivity index (χ3v) is 5.21. The lowest BCUT2D eigenvalue weighted by Gasteiger charge is -2.15. The first-order chi connectivity index (χ1) is 8.76. The fourth-order valence-electron chi connectivity index (χ4n) is 1.44. The maximum absolute atomic E-state index is 12.0. The number of nitrogens with one attached hydrogen (secondary N) is 1. The number of carbonyl (C=O) groups is 1. The van der Waals surface area contributed by atoms with Gasteiger partial charge in [0.15, 0.2) is 0 Å². The van der Waals surface area contributed by atoms with E-state index in [0.717, 1.165) is 11.3 Å². The maximum atomic E-state index is 12.0. The molecule has 0 aromatic carbocycles. The highest BCUT2D eigenvalue weighted by Crippen LogP contribution is 2.21. The predicted molar refractivity (Wildman–Crippen MR) is 70.2 cm³/mol. The summed E-state index contributed by atoms with van der Waals surface area (Å²) in [4.78, 5) is 11.3. The average Bonchev–Trinajstić information content (AvgIpc) is 2.76. The molecule has 1 rings (SSSR count). The molecule has 0 aliphatic rings. The maximum Gasteiger partial charge on any atom is 0.321 e. The fraction of sp³-hybridized carbons (Fsp3) is 0.455. The summed E-state index contributed by atoms with van der Waals surface area (Å²) in [6.07, 6.45) is 0.199. The average molecular weight is 302 g/mol. The Bertz CT molecular complexity index is 598. The zero-order valence-electron chi connectivity index (χ0n) is 10.5. The van der Waals surface area contributed by atoms with Crippen LogP contribution in [0.4, 0.5) is 0 Å². The second kappa shape index (κ2) is 6.14. The molecular weight excluding hydrogens is 288 g/mol. The van der Waals surface area contributed by atoms with Crippen LogP contribution < -0.4 is 4.72 Å². The van der Waals surface area contributed by atoms with Crippen LogP contribution in [0.15, 0.2) is 16.3 Å². The smallest absolute Gasteiger partial charge is 0.321 e. The molecule has 8 heteroatoms. The molecule has 0 saturated heterocycles. The van der Waals surface area contributed by atoms with E-state index in [1.54, 1.807) is 0 Å². The van der Waals surface area contributed by atoms with E-state index in [-0.39, 0.29) is 21.4 Å². The standard InChI is InChI=1S/C11H14N2O4S2/c1-7(2)5-9(11(14)15)13-19(16,17)10-4-3-8(6-12)18-10/h3-4,7,9,13H,5H2,1-2H3,(H,14,15). The highest BCUT2D eigenvalue weighted by atomic mass is 32.2. The van der Waals surface area contributed by atoms with Crippen molar-refractivity contribution in [3.05, 3.63) is 17.0 Å². The first-order valence-electron chi connectivity index (χ1n) is 5.51. The van der Waals surface area contributed by atoms with Crippen molar-refractivity contribution in [2.75, 3.05) is 0 Å². The number of aliphatic carboxylic acids is 1. The van der Waals surface area contributed by atoms with Gasteiger partial charge in [-0.15, -0.1) is 11.3 Å². The Morgan fingerprint density at radius 3 is 2.58 bits per heavy atom. The molecule has 104 valence electrons. The monoisotopic (exact) mass is 302 g/mol. The minimum Gasteiger partial charge on any atom is -0.480 e. The highest BCUT2D eigenvalue weighted by molar-refractivity contribution is 7.91. The third-order valence-electron chi connectivity index (χ3n) is 2.26. The first kappa shape index (κ1) is 15.6. The third kappa shape index (κ3) is 4.31. The van der Waals surface area contributed by atoms with Crippen molar-refractivity contribution in [2.45, 2.75) is 30.5 Å². The molecule has 0 amide bonds. The van der Waals surface area contributed by atoms with Gasteiger partial charge < -0.3 is 5.11 Å². The van der Waals surface area contributed by atoms with E-state index < -0.39 is 22.0 Å². The quantitative estimate of drug-likeness (QED) is 0.826. The van der Waals surface area contributed by atoms with Crippen LogP contribution in [0.3, 0.4) is 0 Å². The zero-order valence-corrected chi connectivity index (χ0v) is 12.1. The van der Waals surface area contributed by atoms with Crippen LogP contribution in [0.5, 0.6) is 0 Å². The Balaban J connectivity index is 2.94. The van der Waals surface area contributed by atoms with Crippen molar-refractivity contribution >= 4 is 27.3 Å². The van der Waals surface area contributed by atoms with E-state index in [9.17, 15) is 13.2 Å². The van der Waals surface area contributed by atoms with E-state index in [2.05, 4.69) is 4.72 Å². The molecule has 0 aliphatic carbocycles. The van der Waals surface area contributed by atoms with Crippen LogP contribution in [0, 0.1) is 17.2 Å². The van der Waals surface area contributed by atoms with Gasteiger partial charge in [-0.3, -0.25) is 4.79 Å². The second-order valence-electron chi connectivity index (χ2n) is 4.37. The molecule has 0 radical (unpaired) electrons. The molecule has 6 nitrogen and oxygen atoms in total. The summed E-state index contributed by atoms with van der Waals surface area (Å²) >= 11 is 0.808. The van der Waals surface area contributed by atoms with Crippen LogP contribution in [0.25, 0.3) is 0 Å². The number of thiophene rings is 1. The summed E-state index contributed by atoms with van der Waals surface area (Å²) in [7, 11) is -3.90. The normalized spacial score (nSPS) is 13.2. The molecule has 1 aromatic rings. The topological polar surface area (TPSA) is 107 Å². The molecule has 0 fully saturated rings. The fourth-order valence-corrected chi connectivity index (χ4v) is 3.76.